The Labute approximate surface area is 332 Å². The van der Waals surface area contributed by atoms with Crippen molar-refractivity contribution in [3.8, 4) is 0 Å². The maximum Gasteiger partial charge on any atom is 1.00 e. The van der Waals surface area contributed by atoms with E-state index in [1.54, 1.807) is 24.3 Å². The molecule has 1 saturated heterocycles. The van der Waals surface area contributed by atoms with Crippen LogP contribution in [0.1, 0.15) is 45.4 Å². The van der Waals surface area contributed by atoms with Crippen molar-refractivity contribution in [2.45, 2.75) is 58.0 Å². The van der Waals surface area contributed by atoms with E-state index in [4.69, 9.17) is 46.4 Å². The van der Waals surface area contributed by atoms with Crippen molar-refractivity contribution < 1.29 is 81.9 Å². The third-order valence-electron chi connectivity index (χ3n) is 8.51. The fraction of sp³-hybridized carbons (Fsp3) is 0.414. The van der Waals surface area contributed by atoms with E-state index in [0.29, 0.717) is 71.3 Å². The largest absolute Gasteiger partial charge is 1.00 e. The van der Waals surface area contributed by atoms with Crippen LogP contribution >= 0.6 is 46.4 Å². The molecule has 0 saturated carbocycles. The number of allylic oxidation sites excluding steroid dienone is 2. The Bertz CT molecular complexity index is 1950. The molecule has 244 valence electrons. The summed E-state index contributed by atoms with van der Waals surface area (Å²) in [5, 5.41) is 0.0863. The number of aromatic nitrogens is 2. The van der Waals surface area contributed by atoms with Crippen molar-refractivity contribution in [1.29, 1.82) is 0 Å². The quantitative estimate of drug-likeness (QED) is 0.102. The van der Waals surface area contributed by atoms with E-state index in [1.807, 2.05) is 46.1 Å². The van der Waals surface area contributed by atoms with Crippen LogP contribution in [0.3, 0.4) is 0 Å². The molecule has 17 heteroatoms. The SMILES string of the molecule is CCN1C(=CC=Cc2n(CC)c3cc(Cl)c(Cl)cc3[n+]2CCCCS(=O)(=O)[O-])[N+]2(CCCC2S(=O)(=O)[O-])c2cc(Cl)c(Cl)cc21.[K+]. The van der Waals surface area contributed by atoms with Crippen LogP contribution in [0.25, 0.3) is 17.1 Å². The van der Waals surface area contributed by atoms with Crippen LogP contribution in [0.5, 0.6) is 0 Å². The number of nitrogens with zero attached hydrogens (tertiary/aromatic N) is 4. The second-order valence-electron chi connectivity index (χ2n) is 11.0. The van der Waals surface area contributed by atoms with Gasteiger partial charge in [-0.1, -0.05) is 46.4 Å². The van der Waals surface area contributed by atoms with E-state index in [2.05, 4.69) is 0 Å². The van der Waals surface area contributed by atoms with E-state index in [1.165, 1.54) is 0 Å². The van der Waals surface area contributed by atoms with Gasteiger partial charge in [0.25, 0.3) is 5.82 Å². The molecule has 1 spiro atoms. The first-order valence-corrected chi connectivity index (χ1v) is 19.0. The van der Waals surface area contributed by atoms with Gasteiger partial charge in [-0.2, -0.15) is 0 Å². The van der Waals surface area contributed by atoms with E-state index < -0.39 is 31.4 Å². The van der Waals surface area contributed by atoms with Crippen molar-refractivity contribution in [2.24, 2.45) is 0 Å². The number of halogens is 4. The molecule has 46 heavy (non-hydrogen) atoms. The molecule has 2 unspecified atom stereocenters. The molecule has 1 aromatic heterocycles. The zero-order valence-electron chi connectivity index (χ0n) is 25.5. The number of benzene rings is 2. The Morgan fingerprint density at radius 3 is 2.24 bits per heavy atom. The molecule has 5 rings (SSSR count). The summed E-state index contributed by atoms with van der Waals surface area (Å²) < 4.78 is 75.5. The van der Waals surface area contributed by atoms with Crippen LogP contribution in [0.4, 0.5) is 11.4 Å². The van der Waals surface area contributed by atoms with Gasteiger partial charge in [0.1, 0.15) is 5.69 Å². The van der Waals surface area contributed by atoms with Gasteiger partial charge in [0.05, 0.1) is 49.8 Å². The Hall–Kier alpha value is -0.234. The molecule has 0 bridgehead atoms. The number of rotatable bonds is 10. The number of aryl methyl sites for hydroxylation is 2. The molecule has 2 aromatic carbocycles. The fourth-order valence-corrected chi connectivity index (χ4v) is 9.14. The van der Waals surface area contributed by atoms with Gasteiger partial charge in [-0.3, -0.25) is 4.90 Å². The van der Waals surface area contributed by atoms with Crippen LogP contribution in [-0.2, 0) is 33.3 Å². The van der Waals surface area contributed by atoms with Crippen LogP contribution in [-0.4, -0.2) is 54.7 Å². The first-order valence-electron chi connectivity index (χ1n) is 14.5. The number of fused-ring (bicyclic) bond motifs is 3. The Kier molecular flexibility index (Phi) is 12.5. The second kappa shape index (κ2) is 14.9. The Morgan fingerprint density at radius 1 is 0.957 bits per heavy atom. The number of imidazole rings is 1. The molecule has 0 aliphatic carbocycles. The van der Waals surface area contributed by atoms with Crippen LogP contribution < -0.4 is 65.3 Å². The second-order valence-corrected chi connectivity index (χ2v) is 15.7. The maximum absolute atomic E-state index is 12.7. The Balaban J connectivity index is 0.00000480. The average molecular weight is 778 g/mol. The normalized spacial score (nSPS) is 20.8. The minimum Gasteiger partial charge on any atom is -0.748 e. The van der Waals surface area contributed by atoms with Crippen LogP contribution in [0.2, 0.25) is 20.1 Å². The number of quaternary nitrogens is 1. The van der Waals surface area contributed by atoms with Gasteiger partial charge in [0.15, 0.2) is 32.2 Å². The van der Waals surface area contributed by atoms with E-state index in [0.717, 1.165) is 16.9 Å². The third-order valence-corrected chi connectivity index (χ3v) is 12.0. The fourth-order valence-electron chi connectivity index (χ4n) is 6.73. The van der Waals surface area contributed by atoms with Crippen LogP contribution in [0, 0.1) is 0 Å². The number of hydrogen-bond acceptors (Lipinski definition) is 7. The molecule has 0 N–H and O–H groups in total. The Morgan fingerprint density at radius 2 is 1.61 bits per heavy atom. The molecular weight excluding hydrogens is 745 g/mol. The van der Waals surface area contributed by atoms with Gasteiger partial charge < -0.3 is 9.11 Å². The van der Waals surface area contributed by atoms with Crippen molar-refractivity contribution >= 4 is 95.1 Å². The summed E-state index contributed by atoms with van der Waals surface area (Å²) in [5.74, 6) is 0.898. The molecule has 2 aliphatic heterocycles. The zero-order chi connectivity index (χ0) is 32.9. The molecule has 1 fully saturated rings. The molecular formula is C29H32Cl4KN4O6S2+. The number of unbranched alkanes of at least 4 members (excludes halogenated alkanes) is 1. The summed E-state index contributed by atoms with van der Waals surface area (Å²) in [6.45, 7) is 5.73. The van der Waals surface area contributed by atoms with E-state index in [-0.39, 0.29) is 73.7 Å². The van der Waals surface area contributed by atoms with Gasteiger partial charge in [0, 0.05) is 55.5 Å². The first-order chi connectivity index (χ1) is 21.1. The van der Waals surface area contributed by atoms with Crippen LogP contribution in [0.15, 0.2) is 42.2 Å². The first kappa shape index (κ1) is 38.6. The van der Waals surface area contributed by atoms with Crippen molar-refractivity contribution in [2.75, 3.05) is 23.7 Å². The molecule has 3 heterocycles. The summed E-state index contributed by atoms with van der Waals surface area (Å²) in [6.07, 6.45) is 6.83. The zero-order valence-corrected chi connectivity index (χ0v) is 33.3. The van der Waals surface area contributed by atoms with Gasteiger partial charge in [-0.05, 0) is 38.8 Å². The maximum atomic E-state index is 12.7. The minimum atomic E-state index is -4.71. The predicted molar refractivity (Wildman–Crippen MR) is 178 cm³/mol. The smallest absolute Gasteiger partial charge is 0.748 e. The molecule has 10 nitrogen and oxygen atoms in total. The third kappa shape index (κ3) is 7.29. The molecule has 0 amide bonds. The standard InChI is InChI=1S/C29H32Cl4N4O6S2.K/c1-3-34-23-15-19(30)20(31)16-24(23)36(12-5-6-14-44(38,39)40)27(34)9-7-10-28-35(4-2)25-17-21(32)22(33)18-26(25)37(28)13-8-11-29(37)45(41,42)43;/h7,9-10,15-18,29H,3-6,8,11-14H2,1-2H3;/q;+1. The molecule has 3 aromatic rings. The van der Waals surface area contributed by atoms with E-state index >= 15 is 0 Å². The predicted octanol–water partition coefficient (Wildman–Crippen LogP) is 3.26. The van der Waals surface area contributed by atoms with Gasteiger partial charge in [-0.25, -0.2) is 30.5 Å². The topological polar surface area (TPSA) is 126 Å². The molecule has 0 radical (unpaired) electrons. The van der Waals surface area contributed by atoms with Crippen molar-refractivity contribution in [3.05, 3.63) is 68.2 Å². The molecule has 2 aliphatic rings. The number of anilines is 1. The van der Waals surface area contributed by atoms with Crippen molar-refractivity contribution in [1.82, 2.24) is 9.05 Å². The summed E-state index contributed by atoms with van der Waals surface area (Å²) in [6, 6.07) is 6.89. The average Bonchev–Trinajstić information content (AvgIpc) is 3.59. The minimum absolute atomic E-state index is 0. The van der Waals surface area contributed by atoms with Gasteiger partial charge in [0.2, 0.25) is 5.82 Å². The van der Waals surface area contributed by atoms with Gasteiger partial charge in [-0.15, -0.1) is 0 Å². The summed E-state index contributed by atoms with van der Waals surface area (Å²) in [7, 11) is -9.05. The van der Waals surface area contributed by atoms with Gasteiger partial charge >= 0.3 is 51.4 Å². The number of hydrogen-bond donors (Lipinski definition) is 0. The summed E-state index contributed by atoms with van der Waals surface area (Å²) in [5.41, 5.74) is 2.89. The summed E-state index contributed by atoms with van der Waals surface area (Å²) in [4.78, 5) is 1.96. The summed E-state index contributed by atoms with van der Waals surface area (Å²) >= 11 is 25.6. The molecule has 2 atom stereocenters. The van der Waals surface area contributed by atoms with E-state index in [9.17, 15) is 25.9 Å². The van der Waals surface area contributed by atoms with Crippen molar-refractivity contribution in [3.63, 3.8) is 0 Å². The monoisotopic (exact) mass is 775 g/mol.